The third-order valence-electron chi connectivity index (χ3n) is 11.3. The SMILES string of the molecule is C=C[C@@H]1C[C@]1(NC(=O)[C@@H]1C[C@@H](Oc2cc(-c3csc(C(C)C)n3)nc3c2oc2ccc(OC)c(Cl)c23)CN1C(O)[C@@H](NC(=O)OC(C)(C)C)C(C)(C)C)C(=O)NS(=O)(=O)C1CC1. The van der Waals surface area contributed by atoms with Crippen LogP contribution in [-0.4, -0.2) is 101 Å². The lowest BCUT2D eigenvalue weighted by atomic mass is 9.85. The standard InChI is InChI=1S/C43H55ClN6O10S2/c1-11-22-18-43(22,39(53)49-62(55,56)24-12-13-24)48-36(51)27-16-23(19-50(27)38(52)35(41(4,5)6)47-40(54)60-42(7,8)9)58-30-17-25(26-20-61-37(46-26)21(2)3)45-33-31-28(59-34(30)33)14-15-29(57-10)32(31)44/h11,14-15,17,20-24,27,35,38,52H,1,12-13,16,18-19H2,2-10H3,(H,47,54)(H,48,51)(H,49,53)/t22-,23-,27+,35-,38?,43-/m1/s1. The Morgan fingerprint density at radius 2 is 1.82 bits per heavy atom. The number of fused-ring (bicyclic) bond motifs is 3. The van der Waals surface area contributed by atoms with Crippen molar-refractivity contribution in [3.8, 4) is 22.9 Å². The number of likely N-dealkylation sites (tertiary alicyclic amines) is 1. The molecule has 7 rings (SSSR count). The number of hydrogen-bond acceptors (Lipinski definition) is 14. The van der Waals surface area contributed by atoms with Gasteiger partial charge in [-0.25, -0.2) is 23.2 Å². The van der Waals surface area contributed by atoms with E-state index in [2.05, 4.69) is 35.8 Å². The number of amides is 3. The van der Waals surface area contributed by atoms with Crippen LogP contribution in [0.15, 0.2) is 40.7 Å². The van der Waals surface area contributed by atoms with Crippen molar-refractivity contribution in [2.24, 2.45) is 11.3 Å². The van der Waals surface area contributed by atoms with Crippen molar-refractivity contribution in [2.75, 3.05) is 13.7 Å². The van der Waals surface area contributed by atoms with Crippen molar-refractivity contribution in [2.45, 2.75) is 128 Å². The molecule has 336 valence electrons. The number of pyridine rings is 1. The van der Waals surface area contributed by atoms with E-state index in [1.807, 2.05) is 26.2 Å². The fourth-order valence-electron chi connectivity index (χ4n) is 7.80. The van der Waals surface area contributed by atoms with E-state index in [0.29, 0.717) is 51.5 Å². The highest BCUT2D eigenvalue weighted by molar-refractivity contribution is 7.91. The highest BCUT2D eigenvalue weighted by Gasteiger charge is 2.62. The summed E-state index contributed by atoms with van der Waals surface area (Å²) >= 11 is 8.37. The van der Waals surface area contributed by atoms with Gasteiger partial charge in [0.2, 0.25) is 15.9 Å². The zero-order valence-electron chi connectivity index (χ0n) is 36.3. The average Bonchev–Trinajstić information content (AvgIpc) is 3.99. The van der Waals surface area contributed by atoms with Crippen molar-refractivity contribution in [3.05, 3.63) is 46.3 Å². The van der Waals surface area contributed by atoms with E-state index >= 15 is 0 Å². The molecule has 6 atom stereocenters. The van der Waals surface area contributed by atoms with Gasteiger partial charge in [-0.05, 0) is 57.6 Å². The Bertz CT molecular complexity index is 2520. The first kappa shape index (κ1) is 45.5. The Balaban J connectivity index is 1.27. The van der Waals surface area contributed by atoms with Crippen molar-refractivity contribution >= 4 is 72.9 Å². The van der Waals surface area contributed by atoms with Gasteiger partial charge in [-0.1, -0.05) is 52.3 Å². The van der Waals surface area contributed by atoms with Crippen LogP contribution in [-0.2, 0) is 24.3 Å². The van der Waals surface area contributed by atoms with Gasteiger partial charge in [-0.2, -0.15) is 0 Å². The predicted molar refractivity (Wildman–Crippen MR) is 236 cm³/mol. The lowest BCUT2D eigenvalue weighted by Gasteiger charge is -2.40. The molecule has 0 radical (unpaired) electrons. The molecule has 3 amide bonds. The van der Waals surface area contributed by atoms with Gasteiger partial charge in [0, 0.05) is 36.2 Å². The van der Waals surface area contributed by atoms with E-state index in [4.69, 9.17) is 40.2 Å². The first-order valence-corrected chi connectivity index (χ1v) is 23.4. The summed E-state index contributed by atoms with van der Waals surface area (Å²) in [5.74, 6) is -1.20. The monoisotopic (exact) mass is 914 g/mol. The van der Waals surface area contributed by atoms with Gasteiger partial charge < -0.3 is 34.4 Å². The summed E-state index contributed by atoms with van der Waals surface area (Å²) in [4.78, 5) is 52.9. The minimum absolute atomic E-state index is 0.00875. The highest BCUT2D eigenvalue weighted by Crippen LogP contribution is 2.47. The quantitative estimate of drug-likeness (QED) is 0.0979. The van der Waals surface area contributed by atoms with E-state index in [9.17, 15) is 27.9 Å². The number of nitrogens with one attached hydrogen (secondary N) is 3. The molecule has 4 N–H and O–H groups in total. The number of aliphatic hydroxyl groups excluding tert-OH is 1. The number of aliphatic hydroxyl groups is 1. The maximum atomic E-state index is 14.6. The summed E-state index contributed by atoms with van der Waals surface area (Å²) < 4.78 is 52.1. The minimum Gasteiger partial charge on any atom is -0.495 e. The zero-order valence-corrected chi connectivity index (χ0v) is 38.7. The van der Waals surface area contributed by atoms with Crippen LogP contribution in [0, 0.1) is 11.3 Å². The second-order valence-electron chi connectivity index (χ2n) is 18.7. The van der Waals surface area contributed by atoms with Crippen LogP contribution in [0.5, 0.6) is 11.5 Å². The van der Waals surface area contributed by atoms with Crippen LogP contribution >= 0.6 is 22.9 Å². The number of hydrogen-bond donors (Lipinski definition) is 4. The number of furan rings is 1. The summed E-state index contributed by atoms with van der Waals surface area (Å²) in [6.45, 7) is 18.5. The Kier molecular flexibility index (Phi) is 12.2. The third kappa shape index (κ3) is 9.12. The Morgan fingerprint density at radius 3 is 2.40 bits per heavy atom. The van der Waals surface area contributed by atoms with E-state index in [1.165, 1.54) is 29.4 Å². The number of halogens is 1. The molecule has 4 heterocycles. The average molecular weight is 916 g/mol. The summed E-state index contributed by atoms with van der Waals surface area (Å²) in [6.07, 6.45) is -0.543. The lowest BCUT2D eigenvalue weighted by molar-refractivity contribution is -0.136. The highest BCUT2D eigenvalue weighted by atomic mass is 35.5. The molecular formula is C43H55ClN6O10S2. The van der Waals surface area contributed by atoms with Gasteiger partial charge in [0.05, 0.1) is 45.6 Å². The number of rotatable bonds is 14. The number of carbonyl (C=O) groups is 3. The molecule has 0 bridgehead atoms. The van der Waals surface area contributed by atoms with E-state index < -0.39 is 80.1 Å². The number of carbonyl (C=O) groups excluding carboxylic acids is 3. The molecule has 2 aliphatic carbocycles. The van der Waals surface area contributed by atoms with E-state index in [-0.39, 0.29) is 36.6 Å². The van der Waals surface area contributed by atoms with Crippen LogP contribution < -0.4 is 24.8 Å². The number of nitrogens with zero attached hydrogens (tertiary/aromatic N) is 3. The van der Waals surface area contributed by atoms with Gasteiger partial charge in [0.1, 0.15) is 46.0 Å². The predicted octanol–water partition coefficient (Wildman–Crippen LogP) is 6.64. The molecule has 62 heavy (non-hydrogen) atoms. The number of thiazole rings is 1. The molecule has 1 aromatic carbocycles. The molecule has 16 nitrogen and oxygen atoms in total. The van der Waals surface area contributed by atoms with Crippen LogP contribution in [0.25, 0.3) is 33.5 Å². The molecule has 3 fully saturated rings. The molecule has 3 aliphatic rings. The topological polar surface area (TPSA) is 212 Å². The Hall–Kier alpha value is -4.49. The maximum absolute atomic E-state index is 14.6. The summed E-state index contributed by atoms with van der Waals surface area (Å²) in [7, 11) is -2.43. The maximum Gasteiger partial charge on any atom is 0.408 e. The number of sulfonamides is 1. The van der Waals surface area contributed by atoms with Crippen molar-refractivity contribution in [1.29, 1.82) is 0 Å². The first-order valence-electron chi connectivity index (χ1n) is 20.6. The van der Waals surface area contributed by atoms with Crippen molar-refractivity contribution < 1.29 is 46.5 Å². The largest absolute Gasteiger partial charge is 0.495 e. The van der Waals surface area contributed by atoms with Gasteiger partial charge in [-0.3, -0.25) is 19.2 Å². The van der Waals surface area contributed by atoms with Gasteiger partial charge in [-0.15, -0.1) is 17.9 Å². The molecule has 3 aromatic heterocycles. The normalized spacial score (nSPS) is 22.9. The number of aromatic nitrogens is 2. The molecule has 4 aromatic rings. The van der Waals surface area contributed by atoms with Gasteiger partial charge in [0.25, 0.3) is 5.91 Å². The van der Waals surface area contributed by atoms with Crippen molar-refractivity contribution in [1.82, 2.24) is 30.2 Å². The number of alkyl carbamates (subject to hydrolysis) is 1. The fraction of sp³-hybridized carbons (Fsp3) is 0.558. The summed E-state index contributed by atoms with van der Waals surface area (Å²) in [5.41, 5.74) is -1.01. The number of methoxy groups -OCH3 is 1. The first-order chi connectivity index (χ1) is 29.0. The van der Waals surface area contributed by atoms with Crippen molar-refractivity contribution in [3.63, 3.8) is 0 Å². The van der Waals surface area contributed by atoms with E-state index in [0.717, 1.165) is 5.01 Å². The minimum atomic E-state index is -3.94. The molecule has 2 saturated carbocycles. The second-order valence-corrected chi connectivity index (χ2v) is 22.0. The smallest absolute Gasteiger partial charge is 0.408 e. The molecule has 1 aliphatic heterocycles. The molecule has 19 heteroatoms. The summed E-state index contributed by atoms with van der Waals surface area (Å²) in [6, 6.07) is 2.99. The molecule has 1 saturated heterocycles. The van der Waals surface area contributed by atoms with Crippen LogP contribution in [0.1, 0.15) is 92.0 Å². The zero-order chi connectivity index (χ0) is 45.3. The number of ether oxygens (including phenoxy) is 3. The summed E-state index contributed by atoms with van der Waals surface area (Å²) in [5, 5.41) is 20.9. The van der Waals surface area contributed by atoms with Crippen LogP contribution in [0.4, 0.5) is 4.79 Å². The second kappa shape index (κ2) is 16.6. The lowest BCUT2D eigenvalue weighted by Crippen LogP contribution is -2.62. The fourth-order valence-corrected chi connectivity index (χ4v) is 10.3. The number of benzene rings is 1. The van der Waals surface area contributed by atoms with Crippen LogP contribution in [0.3, 0.4) is 0 Å². The Morgan fingerprint density at radius 1 is 1.11 bits per heavy atom. The van der Waals surface area contributed by atoms with Crippen LogP contribution in [0.2, 0.25) is 5.02 Å². The Labute approximate surface area is 370 Å². The molecule has 1 unspecified atom stereocenters. The molecular weight excluding hydrogens is 860 g/mol. The molecule has 0 spiro atoms. The van der Waals surface area contributed by atoms with E-state index in [1.54, 1.807) is 39.0 Å². The van der Waals surface area contributed by atoms with Gasteiger partial charge >= 0.3 is 6.09 Å². The van der Waals surface area contributed by atoms with Gasteiger partial charge in [0.15, 0.2) is 11.3 Å². The third-order valence-corrected chi connectivity index (χ3v) is 14.7.